The average Bonchev–Trinajstić information content (AvgIpc) is 2.67. The number of hydrogen-bond acceptors (Lipinski definition) is 6. The second-order valence-electron chi connectivity index (χ2n) is 5.43. The van der Waals surface area contributed by atoms with Crippen molar-refractivity contribution in [3.8, 4) is 34.1 Å². The molecule has 1 aromatic heterocycles. The highest BCUT2D eigenvalue weighted by molar-refractivity contribution is 5.90. The Morgan fingerprint density at radius 1 is 1.19 bits per heavy atom. The molecule has 0 saturated heterocycles. The van der Waals surface area contributed by atoms with Crippen LogP contribution in [0.2, 0.25) is 0 Å². The fraction of sp³-hybridized carbons (Fsp3) is 0.0526. The van der Waals surface area contributed by atoms with Crippen molar-refractivity contribution in [2.75, 3.05) is 12.8 Å². The number of nitrogens with zero attached hydrogens (tertiary/aromatic N) is 3. The number of hydrogen-bond donors (Lipinski definition) is 1. The molecule has 0 amide bonds. The average molecular weight is 346 g/mol. The van der Waals surface area contributed by atoms with Gasteiger partial charge in [-0.2, -0.15) is 5.26 Å². The standard InChI is InChI=1S/C19H14N4O3/c1-26-17-8-7-13(9-16(17)23(24)25)18-14(10-20)19(21)22-11-15(18)12-5-3-2-4-6-12/h2-9,11H,1H3,(H2,21,22). The predicted octanol–water partition coefficient (Wildman–Crippen LogP) is 3.79. The lowest BCUT2D eigenvalue weighted by atomic mass is 9.92. The van der Waals surface area contributed by atoms with Crippen LogP contribution in [0.4, 0.5) is 11.5 Å². The van der Waals surface area contributed by atoms with Gasteiger partial charge in [-0.1, -0.05) is 36.4 Å². The number of benzene rings is 2. The van der Waals surface area contributed by atoms with Crippen LogP contribution >= 0.6 is 0 Å². The van der Waals surface area contributed by atoms with Crippen molar-refractivity contribution in [1.82, 2.24) is 4.98 Å². The Balaban J connectivity index is 2.34. The summed E-state index contributed by atoms with van der Waals surface area (Å²) < 4.78 is 5.05. The third kappa shape index (κ3) is 2.91. The Hall–Kier alpha value is -3.92. The fourth-order valence-electron chi connectivity index (χ4n) is 2.76. The maximum atomic E-state index is 11.4. The van der Waals surface area contributed by atoms with Gasteiger partial charge in [0, 0.05) is 23.4 Å². The molecule has 0 aliphatic carbocycles. The van der Waals surface area contributed by atoms with Crippen LogP contribution < -0.4 is 10.5 Å². The molecular formula is C19H14N4O3. The lowest BCUT2D eigenvalue weighted by Gasteiger charge is -2.14. The van der Waals surface area contributed by atoms with Gasteiger partial charge in [0.1, 0.15) is 17.5 Å². The maximum Gasteiger partial charge on any atom is 0.311 e. The van der Waals surface area contributed by atoms with Crippen molar-refractivity contribution in [3.63, 3.8) is 0 Å². The maximum absolute atomic E-state index is 11.4. The Labute approximate surface area is 149 Å². The van der Waals surface area contributed by atoms with Crippen molar-refractivity contribution in [1.29, 1.82) is 5.26 Å². The summed E-state index contributed by atoms with van der Waals surface area (Å²) in [6.45, 7) is 0. The summed E-state index contributed by atoms with van der Waals surface area (Å²) in [6, 6.07) is 15.9. The Morgan fingerprint density at radius 3 is 2.54 bits per heavy atom. The summed E-state index contributed by atoms with van der Waals surface area (Å²) in [6.07, 6.45) is 1.57. The smallest absolute Gasteiger partial charge is 0.311 e. The van der Waals surface area contributed by atoms with E-state index in [9.17, 15) is 15.4 Å². The lowest BCUT2D eigenvalue weighted by molar-refractivity contribution is -0.385. The van der Waals surface area contributed by atoms with Crippen LogP contribution in [0.5, 0.6) is 5.75 Å². The first-order valence-corrected chi connectivity index (χ1v) is 7.63. The van der Waals surface area contributed by atoms with Gasteiger partial charge in [0.05, 0.1) is 12.0 Å². The van der Waals surface area contributed by atoms with Crippen LogP contribution in [0.3, 0.4) is 0 Å². The molecule has 7 nitrogen and oxygen atoms in total. The zero-order valence-corrected chi connectivity index (χ0v) is 13.8. The molecular weight excluding hydrogens is 332 g/mol. The molecule has 26 heavy (non-hydrogen) atoms. The summed E-state index contributed by atoms with van der Waals surface area (Å²) in [5.74, 6) is 0.209. The summed E-state index contributed by atoms with van der Waals surface area (Å²) in [5, 5.41) is 20.9. The van der Waals surface area contributed by atoms with E-state index >= 15 is 0 Å². The number of nitro benzene ring substituents is 1. The van der Waals surface area contributed by atoms with E-state index in [4.69, 9.17) is 10.5 Å². The summed E-state index contributed by atoms with van der Waals surface area (Å²) in [4.78, 5) is 14.9. The topological polar surface area (TPSA) is 115 Å². The Morgan fingerprint density at radius 2 is 1.92 bits per heavy atom. The minimum absolute atomic E-state index is 0.0700. The number of aromatic nitrogens is 1. The summed E-state index contributed by atoms with van der Waals surface area (Å²) in [5.41, 5.74) is 8.33. The van der Waals surface area contributed by atoms with Gasteiger partial charge in [-0.25, -0.2) is 4.98 Å². The molecule has 0 bridgehead atoms. The number of pyridine rings is 1. The predicted molar refractivity (Wildman–Crippen MR) is 97.4 cm³/mol. The van der Waals surface area contributed by atoms with Crippen molar-refractivity contribution in [2.45, 2.75) is 0 Å². The van der Waals surface area contributed by atoms with Gasteiger partial charge >= 0.3 is 5.69 Å². The van der Waals surface area contributed by atoms with Crippen LogP contribution in [-0.2, 0) is 0 Å². The second-order valence-corrected chi connectivity index (χ2v) is 5.43. The van der Waals surface area contributed by atoms with Crippen LogP contribution in [0, 0.1) is 21.4 Å². The number of nitro groups is 1. The van der Waals surface area contributed by atoms with E-state index in [1.54, 1.807) is 12.3 Å². The van der Waals surface area contributed by atoms with E-state index in [1.807, 2.05) is 30.3 Å². The Bertz CT molecular complexity index is 1030. The van der Waals surface area contributed by atoms with Gasteiger partial charge < -0.3 is 10.5 Å². The summed E-state index contributed by atoms with van der Waals surface area (Å²) in [7, 11) is 1.36. The van der Waals surface area contributed by atoms with Crippen molar-refractivity contribution < 1.29 is 9.66 Å². The first kappa shape index (κ1) is 16.9. The van der Waals surface area contributed by atoms with Gasteiger partial charge in [-0.15, -0.1) is 0 Å². The summed E-state index contributed by atoms with van der Waals surface area (Å²) >= 11 is 0. The minimum atomic E-state index is -0.527. The van der Waals surface area contributed by atoms with Crippen LogP contribution in [0.15, 0.2) is 54.7 Å². The molecule has 1 heterocycles. The molecule has 2 N–H and O–H groups in total. The molecule has 0 radical (unpaired) electrons. The largest absolute Gasteiger partial charge is 0.490 e. The highest BCUT2D eigenvalue weighted by Gasteiger charge is 2.21. The molecule has 0 aliphatic heterocycles. The second kappa shape index (κ2) is 6.91. The van der Waals surface area contributed by atoms with Crippen LogP contribution in [0.25, 0.3) is 22.3 Å². The van der Waals surface area contributed by atoms with Crippen LogP contribution in [0.1, 0.15) is 5.56 Å². The number of nitrogens with two attached hydrogens (primary N) is 1. The first-order valence-electron chi connectivity index (χ1n) is 7.63. The molecule has 0 unspecified atom stereocenters. The molecule has 7 heteroatoms. The van der Waals surface area contributed by atoms with Crippen LogP contribution in [-0.4, -0.2) is 17.0 Å². The number of ether oxygens (including phenoxy) is 1. The molecule has 3 rings (SSSR count). The molecule has 3 aromatic rings. The monoisotopic (exact) mass is 346 g/mol. The van der Waals surface area contributed by atoms with E-state index in [1.165, 1.54) is 19.2 Å². The van der Waals surface area contributed by atoms with Gasteiger partial charge in [-0.05, 0) is 17.2 Å². The normalized spacial score (nSPS) is 10.2. The molecule has 2 aromatic carbocycles. The van der Waals surface area contributed by atoms with E-state index in [2.05, 4.69) is 11.1 Å². The molecule has 0 aliphatic rings. The number of rotatable bonds is 4. The number of nitriles is 1. The van der Waals surface area contributed by atoms with Crippen molar-refractivity contribution in [3.05, 3.63) is 70.4 Å². The van der Waals surface area contributed by atoms with E-state index in [0.717, 1.165) is 5.56 Å². The zero-order valence-electron chi connectivity index (χ0n) is 13.8. The fourth-order valence-corrected chi connectivity index (χ4v) is 2.76. The molecule has 0 spiro atoms. The highest BCUT2D eigenvalue weighted by atomic mass is 16.6. The molecule has 0 atom stereocenters. The van der Waals surface area contributed by atoms with Gasteiger partial charge in [-0.3, -0.25) is 10.1 Å². The highest BCUT2D eigenvalue weighted by Crippen LogP contribution is 2.39. The van der Waals surface area contributed by atoms with Crippen molar-refractivity contribution in [2.24, 2.45) is 0 Å². The van der Waals surface area contributed by atoms with Gasteiger partial charge in [0.2, 0.25) is 0 Å². The molecule has 128 valence electrons. The third-order valence-electron chi connectivity index (χ3n) is 3.97. The first-order chi connectivity index (χ1) is 12.6. The molecule has 0 saturated carbocycles. The minimum Gasteiger partial charge on any atom is -0.490 e. The Kier molecular flexibility index (Phi) is 4.50. The SMILES string of the molecule is COc1ccc(-c2c(-c3ccccc3)cnc(N)c2C#N)cc1[N+](=O)[O-]. The van der Waals surface area contributed by atoms with E-state index < -0.39 is 4.92 Å². The van der Waals surface area contributed by atoms with Crippen molar-refractivity contribution >= 4 is 11.5 Å². The quantitative estimate of drug-likeness (QED) is 0.567. The number of nitrogen functional groups attached to an aromatic ring is 1. The molecule has 0 fully saturated rings. The lowest BCUT2D eigenvalue weighted by Crippen LogP contribution is -2.01. The third-order valence-corrected chi connectivity index (χ3v) is 3.97. The van der Waals surface area contributed by atoms with Gasteiger partial charge in [0.25, 0.3) is 0 Å². The number of anilines is 1. The number of methoxy groups -OCH3 is 1. The van der Waals surface area contributed by atoms with E-state index in [0.29, 0.717) is 16.7 Å². The van der Waals surface area contributed by atoms with Gasteiger partial charge in [0.15, 0.2) is 5.75 Å². The van der Waals surface area contributed by atoms with E-state index in [-0.39, 0.29) is 22.8 Å². The zero-order chi connectivity index (χ0) is 18.7.